The Bertz CT molecular complexity index is 796. The number of carbonyl (C=O) groups is 2. The van der Waals surface area contributed by atoms with Crippen LogP contribution in [0, 0.1) is 11.6 Å². The van der Waals surface area contributed by atoms with Gasteiger partial charge < -0.3 is 15.4 Å². The van der Waals surface area contributed by atoms with Crippen LogP contribution in [0.5, 0.6) is 0 Å². The summed E-state index contributed by atoms with van der Waals surface area (Å²) < 4.78 is 31.2. The predicted molar refractivity (Wildman–Crippen MR) is 92.6 cm³/mol. The predicted octanol–water partition coefficient (Wildman–Crippen LogP) is 2.40. The van der Waals surface area contributed by atoms with E-state index in [-0.39, 0.29) is 30.7 Å². The quantitative estimate of drug-likeness (QED) is 0.742. The van der Waals surface area contributed by atoms with Gasteiger partial charge in [-0.2, -0.15) is 0 Å². The smallest absolute Gasteiger partial charge is 0.340 e. The van der Waals surface area contributed by atoms with Crippen LogP contribution in [0.2, 0.25) is 0 Å². The molecule has 3 N–H and O–H groups in total. The molecule has 0 saturated heterocycles. The minimum atomic E-state index is -0.921. The van der Waals surface area contributed by atoms with E-state index < -0.39 is 17.6 Å². The van der Waals surface area contributed by atoms with Gasteiger partial charge in [0.1, 0.15) is 6.04 Å². The molecule has 0 aliphatic heterocycles. The number of esters is 1. The van der Waals surface area contributed by atoms with Crippen LogP contribution in [0.1, 0.15) is 35.8 Å². The third-order valence-electron chi connectivity index (χ3n) is 3.82. The number of para-hydroxylation sites is 1. The first-order valence-corrected chi connectivity index (χ1v) is 8.26. The number of nitrogens with two attached hydrogens (primary N) is 1. The molecule has 1 amide bonds. The van der Waals surface area contributed by atoms with Crippen molar-refractivity contribution in [2.24, 2.45) is 0 Å². The number of benzene rings is 2. The molecule has 2 rings (SSSR count). The van der Waals surface area contributed by atoms with E-state index in [1.165, 1.54) is 6.07 Å². The Kier molecular flexibility index (Phi) is 6.80. The molecular formula is C19H21F2N2O3+. The average molecular weight is 363 g/mol. The summed E-state index contributed by atoms with van der Waals surface area (Å²) in [5.41, 5.74) is 1.21. The zero-order chi connectivity index (χ0) is 19.1. The van der Waals surface area contributed by atoms with Gasteiger partial charge in [-0.3, -0.25) is 4.79 Å². The molecule has 0 aliphatic rings. The van der Waals surface area contributed by atoms with E-state index in [1.54, 1.807) is 43.4 Å². The van der Waals surface area contributed by atoms with Crippen molar-refractivity contribution >= 4 is 17.6 Å². The molecule has 0 fully saturated rings. The molecule has 0 unspecified atom stereocenters. The Balaban J connectivity index is 1.97. The number of anilines is 1. The molecule has 0 heterocycles. The van der Waals surface area contributed by atoms with Crippen LogP contribution >= 0.6 is 0 Å². The third kappa shape index (κ3) is 5.10. The Morgan fingerprint density at radius 3 is 2.58 bits per heavy atom. The molecule has 7 heteroatoms. The maximum absolute atomic E-state index is 13.3. The van der Waals surface area contributed by atoms with Crippen molar-refractivity contribution in [3.8, 4) is 0 Å². The van der Waals surface area contributed by atoms with Crippen molar-refractivity contribution in [2.45, 2.75) is 19.9 Å². The summed E-state index contributed by atoms with van der Waals surface area (Å²) in [5.74, 6) is -2.66. The number of ether oxygens (including phenoxy) is 1. The Morgan fingerprint density at radius 1 is 1.15 bits per heavy atom. The fourth-order valence-corrected chi connectivity index (χ4v) is 2.40. The molecule has 0 radical (unpaired) electrons. The molecule has 26 heavy (non-hydrogen) atoms. The second-order valence-corrected chi connectivity index (χ2v) is 5.72. The van der Waals surface area contributed by atoms with Gasteiger partial charge in [-0.25, -0.2) is 13.6 Å². The van der Waals surface area contributed by atoms with E-state index in [0.717, 1.165) is 12.1 Å². The largest absolute Gasteiger partial charge is 0.462 e. The lowest BCUT2D eigenvalue weighted by atomic mass is 10.1. The van der Waals surface area contributed by atoms with Gasteiger partial charge in [-0.15, -0.1) is 0 Å². The molecular weight excluding hydrogens is 342 g/mol. The van der Waals surface area contributed by atoms with Crippen LogP contribution in [0.4, 0.5) is 14.5 Å². The van der Waals surface area contributed by atoms with Gasteiger partial charge in [0, 0.05) is 5.56 Å². The van der Waals surface area contributed by atoms with Crippen molar-refractivity contribution < 1.29 is 28.4 Å². The topological polar surface area (TPSA) is 72.0 Å². The summed E-state index contributed by atoms with van der Waals surface area (Å²) in [6.45, 7) is 3.78. The average Bonchev–Trinajstić information content (AvgIpc) is 2.62. The molecule has 0 spiro atoms. The highest BCUT2D eigenvalue weighted by Crippen LogP contribution is 2.16. The first-order valence-electron chi connectivity index (χ1n) is 8.26. The van der Waals surface area contributed by atoms with E-state index in [4.69, 9.17) is 4.74 Å². The van der Waals surface area contributed by atoms with Gasteiger partial charge in [0.15, 0.2) is 18.2 Å². The maximum Gasteiger partial charge on any atom is 0.340 e. The standard InChI is InChI=1S/C19H20F2N2O3/c1-3-26-19(25)14-6-4-5-7-17(14)23-18(24)11-22-12(2)13-8-9-15(20)16(21)10-13/h4-10,12,22H,3,11H2,1-2H3,(H,23,24)/p+1/t12-/m0/s1. The van der Waals surface area contributed by atoms with E-state index >= 15 is 0 Å². The number of quaternary nitrogens is 1. The molecule has 0 bridgehead atoms. The van der Waals surface area contributed by atoms with Gasteiger partial charge in [0.2, 0.25) is 0 Å². The highest BCUT2D eigenvalue weighted by molar-refractivity contribution is 6.01. The summed E-state index contributed by atoms with van der Waals surface area (Å²) in [4.78, 5) is 24.1. The van der Waals surface area contributed by atoms with Crippen LogP contribution in [-0.4, -0.2) is 25.0 Å². The number of halogens is 2. The SMILES string of the molecule is CCOC(=O)c1ccccc1NC(=O)C[NH2+][C@@H](C)c1ccc(F)c(F)c1. The fourth-order valence-electron chi connectivity index (χ4n) is 2.40. The molecule has 5 nitrogen and oxygen atoms in total. The van der Waals surface area contributed by atoms with Crippen molar-refractivity contribution in [3.05, 3.63) is 65.2 Å². The number of carbonyl (C=O) groups excluding carboxylic acids is 2. The lowest BCUT2D eigenvalue weighted by Crippen LogP contribution is -2.86. The Morgan fingerprint density at radius 2 is 1.88 bits per heavy atom. The zero-order valence-corrected chi connectivity index (χ0v) is 14.6. The van der Waals surface area contributed by atoms with E-state index in [0.29, 0.717) is 11.3 Å². The van der Waals surface area contributed by atoms with E-state index in [9.17, 15) is 18.4 Å². The molecule has 2 aromatic rings. The van der Waals surface area contributed by atoms with Crippen molar-refractivity contribution in [1.82, 2.24) is 0 Å². The van der Waals surface area contributed by atoms with Crippen LogP contribution in [0.3, 0.4) is 0 Å². The number of hydrogen-bond acceptors (Lipinski definition) is 3. The number of nitrogens with one attached hydrogen (secondary N) is 1. The van der Waals surface area contributed by atoms with E-state index in [1.807, 2.05) is 0 Å². The lowest BCUT2D eigenvalue weighted by Gasteiger charge is -2.13. The molecule has 0 saturated carbocycles. The van der Waals surface area contributed by atoms with Gasteiger partial charge >= 0.3 is 5.97 Å². The highest BCUT2D eigenvalue weighted by Gasteiger charge is 2.17. The highest BCUT2D eigenvalue weighted by atomic mass is 19.2. The monoisotopic (exact) mass is 363 g/mol. The normalized spacial score (nSPS) is 11.7. The van der Waals surface area contributed by atoms with Crippen LogP contribution < -0.4 is 10.6 Å². The summed E-state index contributed by atoms with van der Waals surface area (Å²) in [5, 5.41) is 4.36. The second kappa shape index (κ2) is 9.05. The summed E-state index contributed by atoms with van der Waals surface area (Å²) in [6, 6.07) is 9.98. The number of rotatable bonds is 7. The zero-order valence-electron chi connectivity index (χ0n) is 14.6. The Hall–Kier alpha value is -2.80. The maximum atomic E-state index is 13.3. The molecule has 0 aromatic heterocycles. The summed E-state index contributed by atoms with van der Waals surface area (Å²) in [7, 11) is 0. The Labute approximate surface area is 150 Å². The van der Waals surface area contributed by atoms with Crippen LogP contribution in [0.25, 0.3) is 0 Å². The van der Waals surface area contributed by atoms with Gasteiger partial charge in [-0.1, -0.05) is 12.1 Å². The fraction of sp³-hybridized carbons (Fsp3) is 0.263. The van der Waals surface area contributed by atoms with Crippen LogP contribution in [-0.2, 0) is 9.53 Å². The number of hydrogen-bond donors (Lipinski definition) is 2. The molecule has 2 aromatic carbocycles. The second-order valence-electron chi connectivity index (χ2n) is 5.72. The van der Waals surface area contributed by atoms with Gasteiger partial charge in [0.25, 0.3) is 5.91 Å². The first-order chi connectivity index (χ1) is 12.4. The molecule has 138 valence electrons. The third-order valence-corrected chi connectivity index (χ3v) is 3.82. The van der Waals surface area contributed by atoms with E-state index in [2.05, 4.69) is 5.32 Å². The van der Waals surface area contributed by atoms with Gasteiger partial charge in [-0.05, 0) is 44.2 Å². The van der Waals surface area contributed by atoms with Crippen LogP contribution in [0.15, 0.2) is 42.5 Å². The summed E-state index contributed by atoms with van der Waals surface area (Å²) >= 11 is 0. The van der Waals surface area contributed by atoms with Crippen molar-refractivity contribution in [3.63, 3.8) is 0 Å². The van der Waals surface area contributed by atoms with Crippen molar-refractivity contribution in [1.29, 1.82) is 0 Å². The van der Waals surface area contributed by atoms with Gasteiger partial charge in [0.05, 0.1) is 17.9 Å². The minimum absolute atomic E-state index is 0.0529. The molecule has 0 aliphatic carbocycles. The first kappa shape index (κ1) is 19.5. The lowest BCUT2D eigenvalue weighted by molar-refractivity contribution is -0.682. The minimum Gasteiger partial charge on any atom is -0.462 e. The summed E-state index contributed by atoms with van der Waals surface area (Å²) in [6.07, 6.45) is 0. The van der Waals surface area contributed by atoms with Crippen molar-refractivity contribution in [2.75, 3.05) is 18.5 Å². The molecule has 1 atom stereocenters. The number of amides is 1.